The lowest BCUT2D eigenvalue weighted by Gasteiger charge is -2.16. The predicted octanol–water partition coefficient (Wildman–Crippen LogP) is 4.93. The molecule has 0 bridgehead atoms. The minimum absolute atomic E-state index is 0.0823. The summed E-state index contributed by atoms with van der Waals surface area (Å²) in [6.07, 6.45) is 6.16. The summed E-state index contributed by atoms with van der Waals surface area (Å²) >= 11 is 14.1. The topological polar surface area (TPSA) is 139 Å². The van der Waals surface area contributed by atoms with Gasteiger partial charge < -0.3 is 30.7 Å². The Morgan fingerprint density at radius 2 is 1.52 bits per heavy atom. The molecule has 0 unspecified atom stereocenters. The molecule has 48 heavy (non-hydrogen) atoms. The second-order valence-electron chi connectivity index (χ2n) is 11.8. The van der Waals surface area contributed by atoms with E-state index in [2.05, 4.69) is 31.2 Å². The van der Waals surface area contributed by atoms with E-state index in [4.69, 9.17) is 37.7 Å². The van der Waals surface area contributed by atoms with Crippen LogP contribution >= 0.6 is 23.2 Å². The van der Waals surface area contributed by atoms with Gasteiger partial charge in [0, 0.05) is 85.1 Å². The number of halogens is 2. The highest BCUT2D eigenvalue weighted by Crippen LogP contribution is 2.42. The number of rotatable bonds is 13. The molecule has 2 amide bonds. The molecule has 2 fully saturated rings. The van der Waals surface area contributed by atoms with Gasteiger partial charge in [-0.3, -0.25) is 19.6 Å². The van der Waals surface area contributed by atoms with Crippen LogP contribution in [0.1, 0.15) is 36.9 Å². The van der Waals surface area contributed by atoms with Crippen LogP contribution in [0.3, 0.4) is 0 Å². The molecule has 6 rings (SSSR count). The Morgan fingerprint density at radius 3 is 2.19 bits per heavy atom. The molecule has 0 spiro atoms. The smallest absolute Gasteiger partial charge is 0.237 e. The second kappa shape index (κ2) is 15.3. The van der Waals surface area contributed by atoms with Crippen molar-refractivity contribution in [3.63, 3.8) is 0 Å². The van der Waals surface area contributed by atoms with E-state index in [0.29, 0.717) is 83.3 Å². The van der Waals surface area contributed by atoms with Gasteiger partial charge in [-0.05, 0) is 25.0 Å². The van der Waals surface area contributed by atoms with E-state index >= 15 is 0 Å². The van der Waals surface area contributed by atoms with Gasteiger partial charge >= 0.3 is 0 Å². The van der Waals surface area contributed by atoms with Gasteiger partial charge in [-0.15, -0.1) is 0 Å². The molecule has 2 saturated heterocycles. The highest BCUT2D eigenvalue weighted by molar-refractivity contribution is 6.39. The summed E-state index contributed by atoms with van der Waals surface area (Å²) in [4.78, 5) is 36.9. The molecule has 2 aliphatic heterocycles. The number of carbonyl (C=O) groups excluding carboxylic acids is 2. The third-order valence-corrected chi connectivity index (χ3v) is 9.37. The van der Waals surface area contributed by atoms with Gasteiger partial charge in [-0.25, -0.2) is 4.98 Å². The Morgan fingerprint density at radius 1 is 0.833 bits per heavy atom. The largest absolute Gasteiger partial charge is 0.496 e. The molecule has 13 heteroatoms. The maximum atomic E-state index is 11.5. The molecular weight excluding hydrogens is 653 g/mol. The molecule has 0 aliphatic carbocycles. The van der Waals surface area contributed by atoms with Crippen molar-refractivity contribution in [2.24, 2.45) is 0 Å². The number of methoxy groups -OCH3 is 2. The summed E-state index contributed by atoms with van der Waals surface area (Å²) in [6.45, 7) is 2.35. The normalized spacial score (nSPS) is 17.3. The Labute approximate surface area is 289 Å². The minimum atomic E-state index is 0.0823. The van der Waals surface area contributed by atoms with E-state index in [0.717, 1.165) is 35.1 Å². The predicted molar refractivity (Wildman–Crippen MR) is 185 cm³/mol. The number of aromatic nitrogens is 3. The number of benzene rings is 2. The third-order valence-electron chi connectivity index (χ3n) is 8.58. The Balaban J connectivity index is 1.20. The average molecular weight is 691 g/mol. The van der Waals surface area contributed by atoms with Crippen molar-refractivity contribution < 1.29 is 19.1 Å². The van der Waals surface area contributed by atoms with Crippen molar-refractivity contribution >= 4 is 35.0 Å². The van der Waals surface area contributed by atoms with Crippen molar-refractivity contribution in [3.05, 3.63) is 76.2 Å². The summed E-state index contributed by atoms with van der Waals surface area (Å²) in [6, 6.07) is 13.7. The van der Waals surface area contributed by atoms with Gasteiger partial charge in [0.05, 0.1) is 41.8 Å². The first-order chi connectivity index (χ1) is 23.3. The first kappa shape index (κ1) is 33.6. The van der Waals surface area contributed by atoms with Crippen LogP contribution in [0.25, 0.3) is 33.6 Å². The zero-order chi connectivity index (χ0) is 33.6. The third kappa shape index (κ3) is 7.55. The molecule has 0 radical (unpaired) electrons. The molecule has 2 aromatic heterocycles. The maximum Gasteiger partial charge on any atom is 0.237 e. The first-order valence-electron chi connectivity index (χ1n) is 15.9. The average Bonchev–Trinajstić information content (AvgIpc) is 3.72. The van der Waals surface area contributed by atoms with Crippen molar-refractivity contribution in [1.82, 2.24) is 36.2 Å². The van der Waals surface area contributed by atoms with Gasteiger partial charge in [0.25, 0.3) is 0 Å². The van der Waals surface area contributed by atoms with E-state index < -0.39 is 0 Å². The van der Waals surface area contributed by atoms with Crippen LogP contribution < -0.4 is 30.7 Å². The van der Waals surface area contributed by atoms with Crippen LogP contribution in [0.4, 0.5) is 0 Å². The number of hydrogen-bond donors (Lipinski definition) is 4. The fraction of sp³-hybridized carbons (Fsp3) is 0.343. The molecular formula is C35H37Cl2N7O4. The van der Waals surface area contributed by atoms with Crippen LogP contribution in [0, 0.1) is 0 Å². The lowest BCUT2D eigenvalue weighted by atomic mass is 9.99. The number of nitrogens with one attached hydrogen (secondary N) is 4. The van der Waals surface area contributed by atoms with Crippen molar-refractivity contribution in [2.75, 3.05) is 27.3 Å². The van der Waals surface area contributed by atoms with E-state index in [1.807, 2.05) is 42.5 Å². The highest BCUT2D eigenvalue weighted by atomic mass is 35.5. The number of hydrogen-bond acceptors (Lipinski definition) is 9. The molecule has 250 valence electrons. The van der Waals surface area contributed by atoms with E-state index in [9.17, 15) is 9.59 Å². The lowest BCUT2D eigenvalue weighted by Crippen LogP contribution is -2.35. The van der Waals surface area contributed by atoms with Crippen LogP contribution in [0.15, 0.2) is 54.9 Å². The van der Waals surface area contributed by atoms with Gasteiger partial charge in [-0.2, -0.15) is 0 Å². The quantitative estimate of drug-likeness (QED) is 0.154. The van der Waals surface area contributed by atoms with Crippen molar-refractivity contribution in [3.8, 4) is 45.3 Å². The van der Waals surface area contributed by atoms with Crippen LogP contribution in [0.5, 0.6) is 11.6 Å². The van der Waals surface area contributed by atoms with Gasteiger partial charge in [0.2, 0.25) is 17.7 Å². The fourth-order valence-corrected chi connectivity index (χ4v) is 6.69. The van der Waals surface area contributed by atoms with Crippen LogP contribution in [-0.2, 0) is 22.7 Å². The monoisotopic (exact) mass is 689 g/mol. The van der Waals surface area contributed by atoms with Crippen molar-refractivity contribution in [1.29, 1.82) is 0 Å². The minimum Gasteiger partial charge on any atom is -0.496 e. The van der Waals surface area contributed by atoms with Crippen LogP contribution in [-0.4, -0.2) is 66.2 Å². The number of carbonyl (C=O) groups is 2. The molecule has 4 heterocycles. The lowest BCUT2D eigenvalue weighted by molar-refractivity contribution is -0.120. The summed E-state index contributed by atoms with van der Waals surface area (Å²) in [5.41, 5.74) is 5.70. The van der Waals surface area contributed by atoms with Crippen LogP contribution in [0.2, 0.25) is 10.0 Å². The number of ether oxygens (including phenoxy) is 2. The summed E-state index contributed by atoms with van der Waals surface area (Å²) in [5.74, 6) is 1.28. The summed E-state index contributed by atoms with van der Waals surface area (Å²) in [7, 11) is 3.19. The SMILES string of the molecule is COc1cc(-c2nccc(-c3cccc(-c4cnc(CNC[C@@H]5CCC(=O)N5)c(OC)n4)c3Cl)c2Cl)ccc1CNC[C@@H]1CCC(=O)N1. The number of amides is 2. The first-order valence-corrected chi connectivity index (χ1v) is 16.6. The zero-order valence-corrected chi connectivity index (χ0v) is 28.3. The molecule has 11 nitrogen and oxygen atoms in total. The van der Waals surface area contributed by atoms with E-state index in [1.165, 1.54) is 0 Å². The molecule has 4 N–H and O–H groups in total. The second-order valence-corrected chi connectivity index (χ2v) is 12.6. The van der Waals surface area contributed by atoms with E-state index in [-0.39, 0.29) is 23.9 Å². The molecule has 0 saturated carbocycles. The summed E-state index contributed by atoms with van der Waals surface area (Å²) < 4.78 is 11.3. The Kier molecular flexibility index (Phi) is 10.7. The van der Waals surface area contributed by atoms with Crippen molar-refractivity contribution in [2.45, 2.75) is 50.9 Å². The van der Waals surface area contributed by atoms with Gasteiger partial charge in [0.15, 0.2) is 0 Å². The van der Waals surface area contributed by atoms with Gasteiger partial charge in [-0.1, -0.05) is 53.5 Å². The number of nitrogens with zero attached hydrogens (tertiary/aromatic N) is 3. The fourth-order valence-electron chi connectivity index (χ4n) is 6.05. The molecule has 2 aromatic carbocycles. The highest BCUT2D eigenvalue weighted by Gasteiger charge is 2.22. The maximum absolute atomic E-state index is 11.5. The zero-order valence-electron chi connectivity index (χ0n) is 26.7. The molecule has 4 aromatic rings. The Bertz CT molecular complexity index is 1690. The number of pyridine rings is 1. The molecule has 2 aliphatic rings. The standard InChI is InChI=1S/C35H37Cl2N7O4/c1-47-29-14-20(6-7-21(29)15-38-16-22-8-10-30(45)42-22)34-33(37)25(12-13-40-34)24-4-3-5-26(32(24)36)27-19-41-28(35(44-27)48-2)18-39-17-23-9-11-31(46)43-23/h3-7,12-14,19,22-23,38-39H,8-11,15-18H2,1-2H3,(H,42,45)(H,43,46)/t22-,23-/m0/s1. The summed E-state index contributed by atoms with van der Waals surface area (Å²) in [5, 5.41) is 13.6. The molecule has 2 atom stereocenters. The Hall–Kier alpha value is -4.29. The van der Waals surface area contributed by atoms with Gasteiger partial charge in [0.1, 0.15) is 11.4 Å². The van der Waals surface area contributed by atoms with E-state index in [1.54, 1.807) is 26.6 Å².